The second-order valence-corrected chi connectivity index (χ2v) is 4.24. The summed E-state index contributed by atoms with van der Waals surface area (Å²) in [6, 6.07) is 11.1. The van der Waals surface area contributed by atoms with Crippen LogP contribution in [0.2, 0.25) is 0 Å². The van der Waals surface area contributed by atoms with Gasteiger partial charge < -0.3 is 10.2 Å². The highest BCUT2D eigenvalue weighted by molar-refractivity contribution is 5.43. The molecule has 0 saturated carbocycles. The Morgan fingerprint density at radius 3 is 2.87 bits per heavy atom. The van der Waals surface area contributed by atoms with Crippen LogP contribution in [-0.2, 0) is 0 Å². The standard InChI is InChI=1S/C13H20N2/c1-2-15-10-6-9-13(11-15)14-12-7-4-3-5-8-12/h3-5,7-8,13-14H,2,6,9-11H2,1H3/t13-/m0/s1. The second-order valence-electron chi connectivity index (χ2n) is 4.24. The molecular weight excluding hydrogens is 184 g/mol. The van der Waals surface area contributed by atoms with E-state index in [4.69, 9.17) is 0 Å². The van der Waals surface area contributed by atoms with Crippen LogP contribution < -0.4 is 5.32 Å². The first-order chi connectivity index (χ1) is 7.38. The Bertz CT molecular complexity index is 284. The zero-order valence-corrected chi connectivity index (χ0v) is 9.45. The van der Waals surface area contributed by atoms with Gasteiger partial charge in [0.25, 0.3) is 0 Å². The van der Waals surface area contributed by atoms with E-state index in [1.807, 2.05) is 0 Å². The summed E-state index contributed by atoms with van der Waals surface area (Å²) in [7, 11) is 0. The molecule has 2 heteroatoms. The summed E-state index contributed by atoms with van der Waals surface area (Å²) < 4.78 is 0. The van der Waals surface area contributed by atoms with Crippen LogP contribution in [-0.4, -0.2) is 30.6 Å². The second kappa shape index (κ2) is 5.17. The Labute approximate surface area is 92.3 Å². The minimum absolute atomic E-state index is 0.626. The van der Waals surface area contributed by atoms with Gasteiger partial charge in [0, 0.05) is 18.3 Å². The topological polar surface area (TPSA) is 15.3 Å². The lowest BCUT2D eigenvalue weighted by molar-refractivity contribution is 0.227. The van der Waals surface area contributed by atoms with Crippen LogP contribution in [0.5, 0.6) is 0 Å². The number of piperidine rings is 1. The van der Waals surface area contributed by atoms with E-state index in [9.17, 15) is 0 Å². The maximum Gasteiger partial charge on any atom is 0.0388 e. The van der Waals surface area contributed by atoms with E-state index in [0.29, 0.717) is 6.04 Å². The van der Waals surface area contributed by atoms with Crippen molar-refractivity contribution in [2.75, 3.05) is 25.0 Å². The molecule has 1 aliphatic heterocycles. The van der Waals surface area contributed by atoms with E-state index in [0.717, 1.165) is 0 Å². The predicted molar refractivity (Wildman–Crippen MR) is 65.2 cm³/mol. The Morgan fingerprint density at radius 1 is 1.33 bits per heavy atom. The number of hydrogen-bond donors (Lipinski definition) is 1. The molecule has 0 amide bonds. The average molecular weight is 204 g/mol. The fourth-order valence-electron chi connectivity index (χ4n) is 2.23. The van der Waals surface area contributed by atoms with Gasteiger partial charge in [0.05, 0.1) is 0 Å². The van der Waals surface area contributed by atoms with Gasteiger partial charge in [-0.05, 0) is 38.1 Å². The van der Waals surface area contributed by atoms with Crippen LogP contribution in [0.15, 0.2) is 30.3 Å². The predicted octanol–water partition coefficient (Wildman–Crippen LogP) is 2.58. The summed E-state index contributed by atoms with van der Waals surface area (Å²) in [5, 5.41) is 3.60. The summed E-state index contributed by atoms with van der Waals surface area (Å²) in [6.07, 6.45) is 2.61. The lowest BCUT2D eigenvalue weighted by atomic mass is 10.1. The van der Waals surface area contributed by atoms with Gasteiger partial charge >= 0.3 is 0 Å². The highest BCUT2D eigenvalue weighted by Gasteiger charge is 2.17. The van der Waals surface area contributed by atoms with Crippen molar-refractivity contribution in [2.24, 2.45) is 0 Å². The molecule has 1 fully saturated rings. The molecule has 15 heavy (non-hydrogen) atoms. The molecule has 2 nitrogen and oxygen atoms in total. The Kier molecular flexibility index (Phi) is 3.62. The molecule has 82 valence electrons. The summed E-state index contributed by atoms with van der Waals surface area (Å²) >= 11 is 0. The first-order valence-corrected chi connectivity index (χ1v) is 5.92. The van der Waals surface area contributed by atoms with Crippen molar-refractivity contribution in [3.8, 4) is 0 Å². The van der Waals surface area contributed by atoms with Gasteiger partial charge in [0.1, 0.15) is 0 Å². The smallest absolute Gasteiger partial charge is 0.0388 e. The molecule has 1 saturated heterocycles. The van der Waals surface area contributed by atoms with Crippen molar-refractivity contribution >= 4 is 5.69 Å². The average Bonchev–Trinajstić information content (AvgIpc) is 2.31. The zero-order valence-electron chi connectivity index (χ0n) is 9.45. The number of likely N-dealkylation sites (tertiary alicyclic amines) is 1. The quantitative estimate of drug-likeness (QED) is 0.814. The minimum atomic E-state index is 0.626. The zero-order chi connectivity index (χ0) is 10.5. The van der Waals surface area contributed by atoms with E-state index in [2.05, 4.69) is 47.5 Å². The molecule has 1 N–H and O–H groups in total. The van der Waals surface area contributed by atoms with Gasteiger partial charge in [-0.3, -0.25) is 0 Å². The van der Waals surface area contributed by atoms with Gasteiger partial charge in [-0.1, -0.05) is 25.1 Å². The maximum absolute atomic E-state index is 3.60. The molecule has 1 atom stereocenters. The maximum atomic E-state index is 3.60. The number of nitrogens with zero attached hydrogens (tertiary/aromatic N) is 1. The number of benzene rings is 1. The first kappa shape index (κ1) is 10.5. The highest BCUT2D eigenvalue weighted by Crippen LogP contribution is 2.15. The van der Waals surface area contributed by atoms with Crippen LogP contribution in [0.4, 0.5) is 5.69 Å². The summed E-state index contributed by atoms with van der Waals surface area (Å²) in [6.45, 7) is 5.87. The van der Waals surface area contributed by atoms with Crippen molar-refractivity contribution in [1.29, 1.82) is 0 Å². The fraction of sp³-hybridized carbons (Fsp3) is 0.538. The van der Waals surface area contributed by atoms with E-state index < -0.39 is 0 Å². The van der Waals surface area contributed by atoms with Gasteiger partial charge in [-0.25, -0.2) is 0 Å². The third-order valence-electron chi connectivity index (χ3n) is 3.10. The van der Waals surface area contributed by atoms with Gasteiger partial charge in [0.15, 0.2) is 0 Å². The van der Waals surface area contributed by atoms with Crippen molar-refractivity contribution in [2.45, 2.75) is 25.8 Å². The number of para-hydroxylation sites is 1. The first-order valence-electron chi connectivity index (χ1n) is 5.92. The van der Waals surface area contributed by atoms with Crippen LogP contribution in [0.3, 0.4) is 0 Å². The molecule has 1 aromatic rings. The van der Waals surface area contributed by atoms with E-state index >= 15 is 0 Å². The summed E-state index contributed by atoms with van der Waals surface area (Å²) in [4.78, 5) is 2.52. The number of hydrogen-bond acceptors (Lipinski definition) is 2. The largest absolute Gasteiger partial charge is 0.381 e. The molecular formula is C13H20N2. The van der Waals surface area contributed by atoms with Crippen molar-refractivity contribution in [3.05, 3.63) is 30.3 Å². The number of rotatable bonds is 3. The number of anilines is 1. The highest BCUT2D eigenvalue weighted by atomic mass is 15.2. The van der Waals surface area contributed by atoms with E-state index in [1.54, 1.807) is 0 Å². The molecule has 0 spiro atoms. The van der Waals surface area contributed by atoms with Gasteiger partial charge in [-0.2, -0.15) is 0 Å². The third kappa shape index (κ3) is 2.96. The van der Waals surface area contributed by atoms with Crippen molar-refractivity contribution in [3.63, 3.8) is 0 Å². The Morgan fingerprint density at radius 2 is 2.13 bits per heavy atom. The molecule has 0 aliphatic carbocycles. The molecule has 0 unspecified atom stereocenters. The van der Waals surface area contributed by atoms with E-state index in [1.165, 1.54) is 38.2 Å². The lowest BCUT2D eigenvalue weighted by Gasteiger charge is -2.32. The lowest BCUT2D eigenvalue weighted by Crippen LogP contribution is -2.41. The van der Waals surface area contributed by atoms with Crippen LogP contribution in [0.25, 0.3) is 0 Å². The molecule has 1 heterocycles. The van der Waals surface area contributed by atoms with Crippen LogP contribution in [0, 0.1) is 0 Å². The van der Waals surface area contributed by atoms with Gasteiger partial charge in [-0.15, -0.1) is 0 Å². The number of likely N-dealkylation sites (N-methyl/N-ethyl adjacent to an activating group) is 1. The summed E-state index contributed by atoms with van der Waals surface area (Å²) in [5.74, 6) is 0. The molecule has 0 bridgehead atoms. The molecule has 0 radical (unpaired) electrons. The molecule has 2 rings (SSSR count). The molecule has 1 aromatic carbocycles. The Balaban J connectivity index is 1.89. The minimum Gasteiger partial charge on any atom is -0.381 e. The van der Waals surface area contributed by atoms with E-state index in [-0.39, 0.29) is 0 Å². The van der Waals surface area contributed by atoms with Crippen LogP contribution in [0.1, 0.15) is 19.8 Å². The monoisotopic (exact) mass is 204 g/mol. The van der Waals surface area contributed by atoms with Crippen molar-refractivity contribution in [1.82, 2.24) is 4.90 Å². The van der Waals surface area contributed by atoms with Gasteiger partial charge in [0.2, 0.25) is 0 Å². The molecule has 0 aromatic heterocycles. The molecule has 1 aliphatic rings. The van der Waals surface area contributed by atoms with Crippen molar-refractivity contribution < 1.29 is 0 Å². The summed E-state index contributed by atoms with van der Waals surface area (Å²) in [5.41, 5.74) is 1.25. The Hall–Kier alpha value is -1.02. The van der Waals surface area contributed by atoms with Crippen LogP contribution >= 0.6 is 0 Å². The fourth-order valence-corrected chi connectivity index (χ4v) is 2.23. The normalized spacial score (nSPS) is 22.6. The number of nitrogens with one attached hydrogen (secondary N) is 1. The SMILES string of the molecule is CCN1CCC[C@H](Nc2ccccc2)C1. The third-order valence-corrected chi connectivity index (χ3v) is 3.10.